The van der Waals surface area contributed by atoms with Crippen molar-refractivity contribution in [3.05, 3.63) is 11.4 Å². The normalized spacial score (nSPS) is 13.2. The molecule has 0 atom stereocenters. The second kappa shape index (κ2) is 8.09. The number of hydrogen-bond acceptors (Lipinski definition) is 3. The predicted molar refractivity (Wildman–Crippen MR) is 64.1 cm³/mol. The molecular formula is C11H23O3P. The average Bonchev–Trinajstić information content (AvgIpc) is 2.19. The zero-order valence-corrected chi connectivity index (χ0v) is 11.2. The second-order valence-electron chi connectivity index (χ2n) is 3.22. The van der Waals surface area contributed by atoms with Gasteiger partial charge >= 0.3 is 7.60 Å². The van der Waals surface area contributed by atoms with Crippen molar-refractivity contribution in [3.63, 3.8) is 0 Å². The molecule has 0 aromatic heterocycles. The van der Waals surface area contributed by atoms with Crippen LogP contribution in [0, 0.1) is 0 Å². The van der Waals surface area contributed by atoms with Gasteiger partial charge in [-0.05, 0) is 33.6 Å². The topological polar surface area (TPSA) is 35.5 Å². The second-order valence-corrected chi connectivity index (χ2v) is 5.30. The third-order valence-corrected chi connectivity index (χ3v) is 4.45. The molecule has 0 fully saturated rings. The van der Waals surface area contributed by atoms with Crippen LogP contribution in [0.2, 0.25) is 0 Å². The standard InChI is InChI=1S/C11H23O3P/c1-5-9-10-11(6-2)15(12,13-7-3)14-8-4/h6H,5,7-10H2,1-4H3/b11-6-. The lowest BCUT2D eigenvalue weighted by Gasteiger charge is -2.19. The van der Waals surface area contributed by atoms with Crippen molar-refractivity contribution in [1.82, 2.24) is 0 Å². The maximum Gasteiger partial charge on any atom is 0.356 e. The van der Waals surface area contributed by atoms with Crippen molar-refractivity contribution in [1.29, 1.82) is 0 Å². The fourth-order valence-electron chi connectivity index (χ4n) is 1.34. The van der Waals surface area contributed by atoms with Gasteiger partial charge in [0.1, 0.15) is 0 Å². The van der Waals surface area contributed by atoms with Crippen LogP contribution in [0.4, 0.5) is 0 Å². The first-order valence-electron chi connectivity index (χ1n) is 5.69. The lowest BCUT2D eigenvalue weighted by atomic mass is 10.2. The van der Waals surface area contributed by atoms with Gasteiger partial charge in [0, 0.05) is 5.31 Å². The van der Waals surface area contributed by atoms with Gasteiger partial charge in [0.05, 0.1) is 13.2 Å². The van der Waals surface area contributed by atoms with Crippen molar-refractivity contribution in [3.8, 4) is 0 Å². The van der Waals surface area contributed by atoms with E-state index in [1.807, 2.05) is 26.8 Å². The quantitative estimate of drug-likeness (QED) is 0.586. The Labute approximate surface area is 93.4 Å². The van der Waals surface area contributed by atoms with E-state index in [1.165, 1.54) is 0 Å². The molecule has 0 heterocycles. The summed E-state index contributed by atoms with van der Waals surface area (Å²) in [6, 6.07) is 0. The Balaban J connectivity index is 4.63. The van der Waals surface area contributed by atoms with E-state index in [0.717, 1.165) is 24.6 Å². The van der Waals surface area contributed by atoms with Gasteiger partial charge in [-0.25, -0.2) is 0 Å². The molecule has 15 heavy (non-hydrogen) atoms. The van der Waals surface area contributed by atoms with E-state index in [4.69, 9.17) is 9.05 Å². The highest BCUT2D eigenvalue weighted by Gasteiger charge is 2.27. The Morgan fingerprint density at radius 3 is 2.07 bits per heavy atom. The summed E-state index contributed by atoms with van der Waals surface area (Å²) in [5.41, 5.74) is 0. The van der Waals surface area contributed by atoms with Gasteiger partial charge in [0.2, 0.25) is 0 Å². The van der Waals surface area contributed by atoms with E-state index in [2.05, 4.69) is 6.92 Å². The fourth-order valence-corrected chi connectivity index (χ4v) is 3.17. The molecule has 90 valence electrons. The molecular weight excluding hydrogens is 211 g/mol. The van der Waals surface area contributed by atoms with Gasteiger partial charge in [0.15, 0.2) is 0 Å². The Morgan fingerprint density at radius 2 is 1.73 bits per heavy atom. The van der Waals surface area contributed by atoms with Crippen molar-refractivity contribution in [2.24, 2.45) is 0 Å². The van der Waals surface area contributed by atoms with Gasteiger partial charge in [-0.2, -0.15) is 0 Å². The van der Waals surface area contributed by atoms with Crippen LogP contribution >= 0.6 is 7.60 Å². The van der Waals surface area contributed by atoms with Crippen molar-refractivity contribution in [2.45, 2.75) is 47.0 Å². The molecule has 3 nitrogen and oxygen atoms in total. The molecule has 0 aliphatic carbocycles. The van der Waals surface area contributed by atoms with E-state index >= 15 is 0 Å². The molecule has 0 amide bonds. The molecule has 4 heteroatoms. The molecule has 0 radical (unpaired) electrons. The van der Waals surface area contributed by atoms with Crippen LogP contribution in [0.25, 0.3) is 0 Å². The highest BCUT2D eigenvalue weighted by Crippen LogP contribution is 2.57. The number of rotatable bonds is 8. The van der Waals surface area contributed by atoms with E-state index in [0.29, 0.717) is 13.2 Å². The van der Waals surface area contributed by atoms with E-state index < -0.39 is 7.60 Å². The van der Waals surface area contributed by atoms with Crippen LogP contribution in [0.1, 0.15) is 47.0 Å². The molecule has 0 saturated carbocycles. The molecule has 0 aliphatic rings. The highest BCUT2D eigenvalue weighted by atomic mass is 31.2. The Hall–Kier alpha value is -0.110. The van der Waals surface area contributed by atoms with Gasteiger partial charge in [-0.15, -0.1) is 0 Å². The van der Waals surface area contributed by atoms with E-state index in [9.17, 15) is 4.57 Å². The zero-order valence-electron chi connectivity index (χ0n) is 10.3. The minimum atomic E-state index is -3.00. The maximum absolute atomic E-state index is 12.3. The first-order valence-corrected chi connectivity index (χ1v) is 7.23. The minimum absolute atomic E-state index is 0.417. The molecule has 0 aliphatic heterocycles. The molecule has 0 rings (SSSR count). The molecule has 0 bridgehead atoms. The van der Waals surface area contributed by atoms with E-state index in [1.54, 1.807) is 0 Å². The van der Waals surface area contributed by atoms with Crippen LogP contribution in [0.15, 0.2) is 11.4 Å². The Kier molecular flexibility index (Phi) is 8.03. The van der Waals surface area contributed by atoms with Crippen molar-refractivity contribution >= 4 is 7.60 Å². The van der Waals surface area contributed by atoms with Crippen LogP contribution in [-0.4, -0.2) is 13.2 Å². The summed E-state index contributed by atoms with van der Waals surface area (Å²) in [6.07, 6.45) is 4.76. The Morgan fingerprint density at radius 1 is 1.20 bits per heavy atom. The highest BCUT2D eigenvalue weighted by molar-refractivity contribution is 7.58. The predicted octanol–water partition coefficient (Wildman–Crippen LogP) is 4.35. The molecule has 0 aromatic carbocycles. The lowest BCUT2D eigenvalue weighted by Crippen LogP contribution is -1.99. The monoisotopic (exact) mass is 234 g/mol. The summed E-state index contributed by atoms with van der Waals surface area (Å²) in [4.78, 5) is 0. The van der Waals surface area contributed by atoms with Gasteiger partial charge < -0.3 is 9.05 Å². The van der Waals surface area contributed by atoms with E-state index in [-0.39, 0.29) is 0 Å². The SMILES string of the molecule is C/C=C(/CCCC)P(=O)(OCC)OCC. The van der Waals surface area contributed by atoms with Crippen LogP contribution in [-0.2, 0) is 13.6 Å². The smallest absolute Gasteiger partial charge is 0.306 e. The summed E-state index contributed by atoms with van der Waals surface area (Å²) in [6.45, 7) is 8.49. The van der Waals surface area contributed by atoms with Crippen LogP contribution in [0.3, 0.4) is 0 Å². The summed E-state index contributed by atoms with van der Waals surface area (Å²) in [5, 5.41) is 0.813. The minimum Gasteiger partial charge on any atom is -0.306 e. The van der Waals surface area contributed by atoms with Crippen LogP contribution < -0.4 is 0 Å². The summed E-state index contributed by atoms with van der Waals surface area (Å²) in [5.74, 6) is 0. The first kappa shape index (κ1) is 14.9. The van der Waals surface area contributed by atoms with Crippen LogP contribution in [0.5, 0.6) is 0 Å². The van der Waals surface area contributed by atoms with Crippen molar-refractivity contribution < 1.29 is 13.6 Å². The largest absolute Gasteiger partial charge is 0.356 e. The molecule has 0 saturated heterocycles. The van der Waals surface area contributed by atoms with Gasteiger partial charge in [-0.1, -0.05) is 19.4 Å². The Bertz CT molecular complexity index is 226. The molecule has 0 unspecified atom stereocenters. The number of hydrogen-bond donors (Lipinski definition) is 0. The maximum atomic E-state index is 12.3. The summed E-state index contributed by atoms with van der Waals surface area (Å²) >= 11 is 0. The summed E-state index contributed by atoms with van der Waals surface area (Å²) < 4.78 is 22.9. The third kappa shape index (κ3) is 4.96. The zero-order chi connectivity index (χ0) is 11.7. The number of allylic oxidation sites excluding steroid dienone is 2. The van der Waals surface area contributed by atoms with Crippen molar-refractivity contribution in [2.75, 3.05) is 13.2 Å². The van der Waals surface area contributed by atoms with Gasteiger partial charge in [0.25, 0.3) is 0 Å². The molecule has 0 aromatic rings. The summed E-state index contributed by atoms with van der Waals surface area (Å²) in [7, 11) is -3.00. The fraction of sp³-hybridized carbons (Fsp3) is 0.818. The molecule has 0 N–H and O–H groups in total. The number of unbranched alkanes of at least 4 members (excludes halogenated alkanes) is 1. The average molecular weight is 234 g/mol. The molecule has 0 spiro atoms. The lowest BCUT2D eigenvalue weighted by molar-refractivity contribution is 0.225. The first-order chi connectivity index (χ1) is 7.14. The third-order valence-electron chi connectivity index (χ3n) is 2.07. The van der Waals surface area contributed by atoms with Gasteiger partial charge in [-0.3, -0.25) is 4.57 Å².